The van der Waals surface area contributed by atoms with Crippen molar-refractivity contribution < 1.29 is 39.3 Å². The van der Waals surface area contributed by atoms with E-state index in [-0.39, 0.29) is 32.2 Å². The first kappa shape index (κ1) is 32.8. The number of benzene rings is 3. The maximum absolute atomic E-state index is 14.5. The van der Waals surface area contributed by atoms with Crippen molar-refractivity contribution in [1.82, 2.24) is 4.57 Å². The maximum atomic E-state index is 14.5. The maximum Gasteiger partial charge on any atom is 0.417 e. The van der Waals surface area contributed by atoms with Crippen LogP contribution in [0.15, 0.2) is 93.9 Å². The summed E-state index contributed by atoms with van der Waals surface area (Å²) < 4.78 is 125. The van der Waals surface area contributed by atoms with Crippen LogP contribution in [0.5, 0.6) is 0 Å². The number of alkyl halides is 6. The van der Waals surface area contributed by atoms with Crippen LogP contribution < -0.4 is 5.56 Å². The van der Waals surface area contributed by atoms with Crippen molar-refractivity contribution in [1.29, 1.82) is 5.26 Å². The van der Waals surface area contributed by atoms with Gasteiger partial charge in [-0.15, -0.1) is 11.3 Å². The summed E-state index contributed by atoms with van der Waals surface area (Å²) in [6.07, 6.45) is -9.97. The fourth-order valence-electron chi connectivity index (χ4n) is 4.65. The van der Waals surface area contributed by atoms with Crippen molar-refractivity contribution in [3.05, 3.63) is 134 Å². The fraction of sp³-hybridized carbons (Fsp3) is 0.125. The highest BCUT2D eigenvalue weighted by Crippen LogP contribution is 2.40. The Balaban J connectivity index is 1.65. The fourth-order valence-corrected chi connectivity index (χ4v) is 6.77. The Morgan fingerprint density at radius 2 is 1.57 bits per heavy atom. The Morgan fingerprint density at radius 3 is 2.20 bits per heavy atom. The SMILES string of the molecule is N#Cc1c(C(F)(F)F)cc(-c2cc(-c3cc(S(=O)Cc4ccccc4)cc(C(F)(F)F)c3)cs2)n(Cc2ccc(F)cc2F)c1=O. The van der Waals surface area contributed by atoms with Crippen molar-refractivity contribution in [2.75, 3.05) is 0 Å². The highest BCUT2D eigenvalue weighted by Gasteiger charge is 2.37. The van der Waals surface area contributed by atoms with Crippen LogP contribution >= 0.6 is 11.3 Å². The summed E-state index contributed by atoms with van der Waals surface area (Å²) in [6.45, 7) is -0.688. The smallest absolute Gasteiger partial charge is 0.302 e. The molecule has 2 heterocycles. The molecule has 0 saturated heterocycles. The second-order valence-electron chi connectivity index (χ2n) is 9.97. The van der Waals surface area contributed by atoms with E-state index in [1.165, 1.54) is 23.6 Å². The Morgan fingerprint density at radius 1 is 0.848 bits per heavy atom. The van der Waals surface area contributed by atoms with Gasteiger partial charge in [0.05, 0.1) is 44.8 Å². The molecule has 1 atom stereocenters. The Bertz CT molecular complexity index is 2060. The quantitative estimate of drug-likeness (QED) is 0.162. The first-order valence-corrected chi connectivity index (χ1v) is 15.3. The zero-order valence-electron chi connectivity index (χ0n) is 23.0. The molecule has 2 aromatic heterocycles. The van der Waals surface area contributed by atoms with Crippen molar-refractivity contribution >= 4 is 22.1 Å². The molecule has 4 nitrogen and oxygen atoms in total. The van der Waals surface area contributed by atoms with Gasteiger partial charge in [-0.1, -0.05) is 36.4 Å². The molecule has 0 fully saturated rings. The summed E-state index contributed by atoms with van der Waals surface area (Å²) in [7, 11) is -1.90. The average Bonchev–Trinajstić information content (AvgIpc) is 3.49. The van der Waals surface area contributed by atoms with E-state index in [0.717, 1.165) is 35.6 Å². The largest absolute Gasteiger partial charge is 0.417 e. The molecule has 0 radical (unpaired) electrons. The van der Waals surface area contributed by atoms with Crippen LogP contribution in [0.4, 0.5) is 35.1 Å². The summed E-state index contributed by atoms with van der Waals surface area (Å²) in [6, 6.07) is 16.7. The van der Waals surface area contributed by atoms with E-state index in [0.29, 0.717) is 22.3 Å². The van der Waals surface area contributed by atoms with Crippen LogP contribution in [0, 0.1) is 23.0 Å². The molecule has 0 bridgehead atoms. The van der Waals surface area contributed by atoms with Crippen molar-refractivity contribution in [3.63, 3.8) is 0 Å². The van der Waals surface area contributed by atoms with Gasteiger partial charge in [-0.3, -0.25) is 9.00 Å². The minimum Gasteiger partial charge on any atom is -0.302 e. The van der Waals surface area contributed by atoms with Gasteiger partial charge in [0.2, 0.25) is 0 Å². The molecule has 5 aromatic rings. The molecule has 1 unspecified atom stereocenters. The summed E-state index contributed by atoms with van der Waals surface area (Å²) in [4.78, 5) is 13.1. The normalized spacial score (nSPS) is 12.6. The van der Waals surface area contributed by atoms with Gasteiger partial charge in [0.1, 0.15) is 23.3 Å². The van der Waals surface area contributed by atoms with Crippen LogP contribution in [-0.4, -0.2) is 8.78 Å². The Hall–Kier alpha value is -4.61. The number of nitrogens with zero attached hydrogens (tertiary/aromatic N) is 2. The van der Waals surface area contributed by atoms with Crippen molar-refractivity contribution in [2.45, 2.75) is 29.5 Å². The highest BCUT2D eigenvalue weighted by atomic mass is 32.2. The van der Waals surface area contributed by atoms with E-state index in [1.807, 2.05) is 0 Å². The predicted octanol–water partition coefficient (Wildman–Crippen LogP) is 8.79. The van der Waals surface area contributed by atoms with Crippen molar-refractivity contribution in [2.24, 2.45) is 0 Å². The summed E-state index contributed by atoms with van der Waals surface area (Å²) in [5.41, 5.74) is -5.30. The van der Waals surface area contributed by atoms with Gasteiger partial charge in [-0.05, 0) is 58.5 Å². The van der Waals surface area contributed by atoms with E-state index in [9.17, 15) is 49.4 Å². The summed E-state index contributed by atoms with van der Waals surface area (Å²) >= 11 is 0.780. The molecule has 0 N–H and O–H groups in total. The third kappa shape index (κ3) is 6.95. The topological polar surface area (TPSA) is 62.9 Å². The van der Waals surface area contributed by atoms with Gasteiger partial charge >= 0.3 is 12.4 Å². The average molecular weight is 679 g/mol. The zero-order chi connectivity index (χ0) is 33.4. The molecule has 14 heteroatoms. The van der Waals surface area contributed by atoms with Crippen LogP contribution in [0.25, 0.3) is 21.7 Å². The number of hydrogen-bond donors (Lipinski definition) is 0. The zero-order valence-corrected chi connectivity index (χ0v) is 24.7. The van der Waals surface area contributed by atoms with Gasteiger partial charge in [-0.2, -0.15) is 31.6 Å². The van der Waals surface area contributed by atoms with E-state index in [4.69, 9.17) is 0 Å². The molecule has 236 valence electrons. The van der Waals surface area contributed by atoms with Crippen LogP contribution in [0.3, 0.4) is 0 Å². The standard InChI is InChI=1S/C32H18F8N2O2S2/c33-23-7-6-19(27(34)12-23)15-42-28(13-26(32(38,39)40)25(14-41)30(42)43)29-10-21(16-45-29)20-8-22(31(35,36)37)11-24(9-20)46(44)17-18-4-2-1-3-5-18/h1-13,16H,15,17H2. The minimum atomic E-state index is -5.14. The summed E-state index contributed by atoms with van der Waals surface area (Å²) in [5.74, 6) is -2.11. The third-order valence-corrected chi connectivity index (χ3v) is 9.19. The van der Waals surface area contributed by atoms with Crippen LogP contribution in [-0.2, 0) is 35.4 Å². The van der Waals surface area contributed by atoms with E-state index < -0.39 is 69.3 Å². The van der Waals surface area contributed by atoms with Gasteiger partial charge in [0.25, 0.3) is 5.56 Å². The highest BCUT2D eigenvalue weighted by molar-refractivity contribution is 7.84. The first-order valence-electron chi connectivity index (χ1n) is 13.1. The molecule has 0 aliphatic heterocycles. The lowest BCUT2D eigenvalue weighted by Crippen LogP contribution is -2.28. The Labute approximate surface area is 262 Å². The van der Waals surface area contributed by atoms with Crippen LogP contribution in [0.1, 0.15) is 27.8 Å². The predicted molar refractivity (Wildman–Crippen MR) is 156 cm³/mol. The van der Waals surface area contributed by atoms with Gasteiger partial charge in [0.15, 0.2) is 0 Å². The van der Waals surface area contributed by atoms with Gasteiger partial charge < -0.3 is 4.57 Å². The number of pyridine rings is 1. The number of aromatic nitrogens is 1. The minimum absolute atomic E-state index is 0.0334. The molecule has 0 amide bonds. The number of thiophene rings is 1. The molecule has 0 aliphatic carbocycles. The number of rotatable bonds is 7. The lowest BCUT2D eigenvalue weighted by Gasteiger charge is -2.17. The molecule has 0 saturated carbocycles. The van der Waals surface area contributed by atoms with E-state index in [1.54, 1.807) is 30.3 Å². The lowest BCUT2D eigenvalue weighted by molar-refractivity contribution is -0.138. The molecule has 3 aromatic carbocycles. The van der Waals surface area contributed by atoms with E-state index >= 15 is 0 Å². The molecule has 0 spiro atoms. The first-order chi connectivity index (χ1) is 21.7. The molecule has 0 aliphatic rings. The third-order valence-electron chi connectivity index (χ3n) is 6.88. The Kier molecular flexibility index (Phi) is 9.01. The van der Waals surface area contributed by atoms with Gasteiger partial charge in [0, 0.05) is 16.5 Å². The second kappa shape index (κ2) is 12.6. The molecule has 46 heavy (non-hydrogen) atoms. The lowest BCUT2D eigenvalue weighted by atomic mass is 10.0. The number of hydrogen-bond acceptors (Lipinski definition) is 4. The second-order valence-corrected chi connectivity index (χ2v) is 12.3. The molecule has 5 rings (SSSR count). The number of nitriles is 1. The monoisotopic (exact) mass is 678 g/mol. The number of halogens is 8. The van der Waals surface area contributed by atoms with Crippen molar-refractivity contribution in [3.8, 4) is 27.8 Å². The van der Waals surface area contributed by atoms with Crippen LogP contribution in [0.2, 0.25) is 0 Å². The van der Waals surface area contributed by atoms with E-state index in [2.05, 4.69) is 0 Å². The molecular weight excluding hydrogens is 660 g/mol. The summed E-state index contributed by atoms with van der Waals surface area (Å²) in [5, 5.41) is 10.8. The van der Waals surface area contributed by atoms with Gasteiger partial charge in [-0.25, -0.2) is 8.78 Å². The molecular formula is C32H18F8N2O2S2.